The molecule has 15 heavy (non-hydrogen) atoms. The summed E-state index contributed by atoms with van der Waals surface area (Å²) in [5.41, 5.74) is 0.189. The number of hydrogen-bond donors (Lipinski definition) is 0. The molecule has 74 valence electrons. The third-order valence-electron chi connectivity index (χ3n) is 2.41. The van der Waals surface area contributed by atoms with Gasteiger partial charge in [0, 0.05) is 24.8 Å². The topological polar surface area (TPSA) is 56.3 Å². The summed E-state index contributed by atoms with van der Waals surface area (Å²) in [5.74, 6) is -0.606. The smallest absolute Gasteiger partial charge is 0.545 e. The van der Waals surface area contributed by atoms with Crippen LogP contribution in [0.3, 0.4) is 0 Å². The van der Waals surface area contributed by atoms with E-state index >= 15 is 0 Å². The molecule has 0 atom stereocenters. The van der Waals surface area contributed by atoms with Gasteiger partial charge in [0.05, 0.1) is 5.97 Å². The van der Waals surface area contributed by atoms with Crippen molar-refractivity contribution in [1.82, 2.24) is 4.98 Å². The molecular formula is C10H11N2NaO2. The molecular weight excluding hydrogens is 203 g/mol. The quantitative estimate of drug-likeness (QED) is 0.494. The Morgan fingerprint density at radius 1 is 1.40 bits per heavy atom. The van der Waals surface area contributed by atoms with E-state index in [2.05, 4.69) is 4.98 Å². The van der Waals surface area contributed by atoms with Crippen LogP contribution in [0.4, 0.5) is 5.82 Å². The van der Waals surface area contributed by atoms with Gasteiger partial charge in [0.25, 0.3) is 0 Å². The van der Waals surface area contributed by atoms with E-state index in [-0.39, 0.29) is 35.1 Å². The summed E-state index contributed by atoms with van der Waals surface area (Å²) in [5, 5.41) is 10.8. The number of aromatic nitrogens is 1. The summed E-state index contributed by atoms with van der Waals surface area (Å²) in [6, 6.07) is 3.15. The minimum atomic E-state index is -1.15. The van der Waals surface area contributed by atoms with Crippen molar-refractivity contribution in [3.8, 4) is 0 Å². The maximum absolute atomic E-state index is 10.8. The number of carboxylic acids is 1. The van der Waals surface area contributed by atoms with Crippen LogP contribution in [0, 0.1) is 0 Å². The van der Waals surface area contributed by atoms with Crippen molar-refractivity contribution in [3.63, 3.8) is 0 Å². The second-order valence-electron chi connectivity index (χ2n) is 3.36. The van der Waals surface area contributed by atoms with Gasteiger partial charge in [-0.1, -0.05) is 0 Å². The summed E-state index contributed by atoms with van der Waals surface area (Å²) in [6.45, 7) is 1.77. The average Bonchev–Trinajstić information content (AvgIpc) is 2.70. The molecule has 1 aliphatic rings. The Labute approximate surface area is 111 Å². The van der Waals surface area contributed by atoms with Crippen molar-refractivity contribution in [3.05, 3.63) is 23.9 Å². The fourth-order valence-electron chi connectivity index (χ4n) is 1.74. The summed E-state index contributed by atoms with van der Waals surface area (Å²) >= 11 is 0. The molecule has 0 amide bonds. The number of aromatic carboxylic acids is 1. The zero-order valence-electron chi connectivity index (χ0n) is 8.77. The number of pyridine rings is 1. The average molecular weight is 214 g/mol. The summed E-state index contributed by atoms with van der Waals surface area (Å²) in [7, 11) is 0. The first-order valence-corrected chi connectivity index (χ1v) is 4.70. The largest absolute Gasteiger partial charge is 1.00 e. The van der Waals surface area contributed by atoms with Crippen molar-refractivity contribution < 1.29 is 39.5 Å². The predicted molar refractivity (Wildman–Crippen MR) is 50.0 cm³/mol. The molecule has 5 heteroatoms. The van der Waals surface area contributed by atoms with Crippen LogP contribution in [0.5, 0.6) is 0 Å². The molecule has 0 radical (unpaired) electrons. The molecule has 1 aromatic heterocycles. The maximum atomic E-state index is 10.8. The van der Waals surface area contributed by atoms with Gasteiger partial charge < -0.3 is 14.8 Å². The molecule has 0 aromatic carbocycles. The van der Waals surface area contributed by atoms with E-state index in [1.807, 2.05) is 4.90 Å². The SMILES string of the molecule is O=C([O-])c1cccnc1N1CCCC1.[Na+]. The first-order valence-electron chi connectivity index (χ1n) is 4.70. The van der Waals surface area contributed by atoms with Gasteiger partial charge in [-0.25, -0.2) is 4.98 Å². The van der Waals surface area contributed by atoms with Crippen molar-refractivity contribution in [2.24, 2.45) is 0 Å². The van der Waals surface area contributed by atoms with Crippen LogP contribution in [0.25, 0.3) is 0 Å². The van der Waals surface area contributed by atoms with Gasteiger partial charge in [-0.2, -0.15) is 0 Å². The minimum Gasteiger partial charge on any atom is -0.545 e. The normalized spacial score (nSPS) is 14.8. The van der Waals surface area contributed by atoms with E-state index in [0.29, 0.717) is 5.82 Å². The van der Waals surface area contributed by atoms with Gasteiger partial charge in [0.1, 0.15) is 5.82 Å². The molecule has 1 aliphatic heterocycles. The van der Waals surface area contributed by atoms with Crippen LogP contribution in [0.15, 0.2) is 18.3 Å². The standard InChI is InChI=1S/C10H12N2O2.Na/c13-10(14)8-4-3-5-11-9(8)12-6-1-2-7-12;/h3-5H,1-2,6-7H2,(H,13,14);/q;+1/p-1. The van der Waals surface area contributed by atoms with Crippen LogP contribution in [0.2, 0.25) is 0 Å². The van der Waals surface area contributed by atoms with Gasteiger partial charge in [0.15, 0.2) is 0 Å². The number of rotatable bonds is 2. The zero-order valence-corrected chi connectivity index (χ0v) is 10.8. The molecule has 4 nitrogen and oxygen atoms in total. The Bertz CT molecular complexity index is 351. The third-order valence-corrected chi connectivity index (χ3v) is 2.41. The van der Waals surface area contributed by atoms with Crippen LogP contribution in [0.1, 0.15) is 23.2 Å². The fraction of sp³-hybridized carbons (Fsp3) is 0.400. The summed E-state index contributed by atoms with van der Waals surface area (Å²) in [4.78, 5) is 16.9. The number of anilines is 1. The number of hydrogen-bond acceptors (Lipinski definition) is 4. The van der Waals surface area contributed by atoms with Crippen molar-refractivity contribution >= 4 is 11.8 Å². The van der Waals surface area contributed by atoms with E-state index in [1.165, 1.54) is 6.07 Å². The maximum Gasteiger partial charge on any atom is 1.00 e. The Kier molecular flexibility index (Phi) is 4.57. The molecule has 0 aliphatic carbocycles. The second kappa shape index (κ2) is 5.49. The fourth-order valence-corrected chi connectivity index (χ4v) is 1.74. The van der Waals surface area contributed by atoms with Crippen LogP contribution in [-0.2, 0) is 0 Å². The van der Waals surface area contributed by atoms with Crippen LogP contribution < -0.4 is 39.6 Å². The second-order valence-corrected chi connectivity index (χ2v) is 3.36. The Hall–Kier alpha value is -0.580. The number of carbonyl (C=O) groups excluding carboxylic acids is 1. The van der Waals surface area contributed by atoms with E-state index in [4.69, 9.17) is 0 Å². The molecule has 0 bridgehead atoms. The number of carboxylic acid groups (broad SMARTS) is 1. The Morgan fingerprint density at radius 3 is 2.67 bits per heavy atom. The molecule has 1 saturated heterocycles. The third kappa shape index (κ3) is 2.71. The van der Waals surface area contributed by atoms with E-state index in [9.17, 15) is 9.90 Å². The van der Waals surface area contributed by atoms with Crippen LogP contribution >= 0.6 is 0 Å². The van der Waals surface area contributed by atoms with Crippen molar-refractivity contribution in [2.45, 2.75) is 12.8 Å². The predicted octanol–water partition coefficient (Wildman–Crippen LogP) is -2.95. The summed E-state index contributed by atoms with van der Waals surface area (Å²) in [6.07, 6.45) is 3.81. The first kappa shape index (κ1) is 12.5. The van der Waals surface area contributed by atoms with Gasteiger partial charge in [-0.05, 0) is 25.0 Å². The number of nitrogens with zero attached hydrogens (tertiary/aromatic N) is 2. The van der Waals surface area contributed by atoms with E-state index < -0.39 is 5.97 Å². The number of carbonyl (C=O) groups is 1. The first-order chi connectivity index (χ1) is 6.79. The molecule has 0 saturated carbocycles. The molecule has 0 N–H and O–H groups in total. The molecule has 1 fully saturated rings. The Balaban J connectivity index is 0.00000112. The van der Waals surface area contributed by atoms with E-state index in [1.54, 1.807) is 12.3 Å². The molecule has 0 unspecified atom stereocenters. The van der Waals surface area contributed by atoms with Gasteiger partial charge in [-0.3, -0.25) is 0 Å². The van der Waals surface area contributed by atoms with Gasteiger partial charge in [0.2, 0.25) is 0 Å². The molecule has 1 aromatic rings. The van der Waals surface area contributed by atoms with Crippen molar-refractivity contribution in [2.75, 3.05) is 18.0 Å². The monoisotopic (exact) mass is 214 g/mol. The van der Waals surface area contributed by atoms with Gasteiger partial charge in [-0.15, -0.1) is 0 Å². The van der Waals surface area contributed by atoms with Gasteiger partial charge >= 0.3 is 29.6 Å². The van der Waals surface area contributed by atoms with Crippen LogP contribution in [-0.4, -0.2) is 24.0 Å². The van der Waals surface area contributed by atoms with Crippen molar-refractivity contribution in [1.29, 1.82) is 0 Å². The molecule has 2 heterocycles. The Morgan fingerprint density at radius 2 is 2.07 bits per heavy atom. The zero-order chi connectivity index (χ0) is 9.97. The molecule has 0 spiro atoms. The van der Waals surface area contributed by atoms with E-state index in [0.717, 1.165) is 25.9 Å². The summed E-state index contributed by atoms with van der Waals surface area (Å²) < 4.78 is 0. The molecule has 2 rings (SSSR count). The minimum absolute atomic E-state index is 0.